The van der Waals surface area contributed by atoms with Crippen molar-refractivity contribution in [1.29, 1.82) is 0 Å². The number of sulfonamides is 1. The molecule has 0 unspecified atom stereocenters. The summed E-state index contributed by atoms with van der Waals surface area (Å²) in [4.78, 5) is 18.9. The van der Waals surface area contributed by atoms with E-state index in [1.807, 2.05) is 18.9 Å². The minimum atomic E-state index is -3.56. The molecule has 0 aromatic carbocycles. The van der Waals surface area contributed by atoms with Gasteiger partial charge in [-0.1, -0.05) is 6.92 Å². The van der Waals surface area contributed by atoms with Crippen LogP contribution in [0.3, 0.4) is 0 Å². The van der Waals surface area contributed by atoms with Gasteiger partial charge < -0.3 is 4.90 Å². The van der Waals surface area contributed by atoms with Crippen molar-refractivity contribution in [3.63, 3.8) is 0 Å². The Morgan fingerprint density at radius 2 is 2.04 bits per heavy atom. The second kappa shape index (κ2) is 6.13. The van der Waals surface area contributed by atoms with Crippen molar-refractivity contribution in [3.05, 3.63) is 42.0 Å². The molecule has 1 amide bonds. The van der Waals surface area contributed by atoms with Crippen LogP contribution in [0.15, 0.2) is 35.6 Å². The van der Waals surface area contributed by atoms with E-state index in [1.165, 1.54) is 10.5 Å². The largest absolute Gasteiger partial charge is 0.338 e. The van der Waals surface area contributed by atoms with Crippen molar-refractivity contribution < 1.29 is 13.2 Å². The topological polar surface area (TPSA) is 88.4 Å². The molecule has 2 atom stereocenters. The van der Waals surface area contributed by atoms with Gasteiger partial charge in [-0.3, -0.25) is 14.5 Å². The average molecular weight is 389 g/mol. The molecule has 4 heterocycles. The summed E-state index contributed by atoms with van der Waals surface area (Å²) in [5.41, 5.74) is 1.20. The molecule has 2 aromatic rings. The number of fused-ring (bicyclic) bond motifs is 1. The number of nitrogens with zero attached hydrogens (tertiary/aromatic N) is 5. The smallest absolute Gasteiger partial charge is 0.257 e. The summed E-state index contributed by atoms with van der Waals surface area (Å²) in [6, 6.07) is 3.20. The first-order valence-corrected chi connectivity index (χ1v) is 10.3. The number of aryl methyl sites for hydroxylation is 1. The Morgan fingerprint density at radius 1 is 1.26 bits per heavy atom. The lowest BCUT2D eigenvalue weighted by atomic mass is 9.83. The van der Waals surface area contributed by atoms with Gasteiger partial charge in [0.15, 0.2) is 0 Å². The third kappa shape index (κ3) is 2.85. The van der Waals surface area contributed by atoms with Gasteiger partial charge in [0.2, 0.25) is 10.0 Å². The molecule has 2 fully saturated rings. The highest BCUT2D eigenvalue weighted by Crippen LogP contribution is 2.44. The van der Waals surface area contributed by atoms with Crippen molar-refractivity contribution in [2.45, 2.75) is 18.7 Å². The summed E-state index contributed by atoms with van der Waals surface area (Å²) in [7, 11) is -1.75. The highest BCUT2D eigenvalue weighted by molar-refractivity contribution is 7.89. The maximum absolute atomic E-state index is 12.9. The van der Waals surface area contributed by atoms with Gasteiger partial charge in [0, 0.05) is 56.7 Å². The van der Waals surface area contributed by atoms with Crippen molar-refractivity contribution in [1.82, 2.24) is 24.0 Å². The average Bonchev–Trinajstić information content (AvgIpc) is 3.25. The van der Waals surface area contributed by atoms with Crippen molar-refractivity contribution in [2.24, 2.45) is 18.4 Å². The summed E-state index contributed by atoms with van der Waals surface area (Å²) in [5, 5.41) is 4.15. The molecule has 2 aliphatic rings. The van der Waals surface area contributed by atoms with Crippen LogP contribution in [0.4, 0.5) is 0 Å². The first kappa shape index (κ1) is 18.1. The van der Waals surface area contributed by atoms with E-state index in [2.05, 4.69) is 17.0 Å². The molecule has 0 saturated carbocycles. The predicted molar refractivity (Wildman–Crippen MR) is 98.4 cm³/mol. The van der Waals surface area contributed by atoms with Crippen LogP contribution in [0.1, 0.15) is 23.0 Å². The molecule has 4 rings (SSSR count). The molecule has 0 radical (unpaired) electrons. The summed E-state index contributed by atoms with van der Waals surface area (Å²) < 4.78 is 29.0. The number of amides is 1. The molecule has 0 bridgehead atoms. The predicted octanol–water partition coefficient (Wildman–Crippen LogP) is 0.906. The maximum atomic E-state index is 12.9. The number of carbonyl (C=O) groups excluding carboxylic acids is 1. The number of likely N-dealkylation sites (tertiary alicyclic amines) is 1. The highest BCUT2D eigenvalue weighted by atomic mass is 32.2. The summed E-state index contributed by atoms with van der Waals surface area (Å²) in [6.45, 7) is 5.88. The van der Waals surface area contributed by atoms with Gasteiger partial charge in [0.05, 0.1) is 11.8 Å². The fourth-order valence-electron chi connectivity index (χ4n) is 4.15. The van der Waals surface area contributed by atoms with E-state index in [-0.39, 0.29) is 22.1 Å². The molecular weight excluding hydrogens is 366 g/mol. The van der Waals surface area contributed by atoms with Crippen LogP contribution in [0.5, 0.6) is 0 Å². The number of pyridine rings is 1. The summed E-state index contributed by atoms with van der Waals surface area (Å²) in [6.07, 6.45) is 4.54. The van der Waals surface area contributed by atoms with E-state index < -0.39 is 10.0 Å². The van der Waals surface area contributed by atoms with Crippen molar-refractivity contribution >= 4 is 15.9 Å². The zero-order valence-corrected chi connectivity index (χ0v) is 16.5. The lowest BCUT2D eigenvalue weighted by molar-refractivity contribution is 0.0768. The molecular formula is C18H23N5O3S. The fourth-order valence-corrected chi connectivity index (χ4v) is 5.74. The molecule has 0 N–H and O–H groups in total. The van der Waals surface area contributed by atoms with Crippen LogP contribution in [0.2, 0.25) is 0 Å². The molecule has 27 heavy (non-hydrogen) atoms. The van der Waals surface area contributed by atoms with Gasteiger partial charge in [-0.05, 0) is 25.0 Å². The highest BCUT2D eigenvalue weighted by Gasteiger charge is 2.53. The van der Waals surface area contributed by atoms with E-state index in [4.69, 9.17) is 0 Å². The normalized spacial score (nSPS) is 25.7. The van der Waals surface area contributed by atoms with E-state index in [9.17, 15) is 13.2 Å². The fraction of sp³-hybridized carbons (Fsp3) is 0.500. The third-order valence-corrected chi connectivity index (χ3v) is 7.76. The lowest BCUT2D eigenvalue weighted by Crippen LogP contribution is -2.37. The van der Waals surface area contributed by atoms with Crippen molar-refractivity contribution in [3.8, 4) is 0 Å². The molecule has 0 spiro atoms. The van der Waals surface area contributed by atoms with Gasteiger partial charge in [-0.15, -0.1) is 0 Å². The monoisotopic (exact) mass is 389 g/mol. The third-order valence-electron chi connectivity index (χ3n) is 5.97. The van der Waals surface area contributed by atoms with Crippen LogP contribution in [-0.2, 0) is 17.1 Å². The Kier molecular flexibility index (Phi) is 4.12. The van der Waals surface area contributed by atoms with Crippen LogP contribution in [0, 0.1) is 18.3 Å². The van der Waals surface area contributed by atoms with E-state index in [1.54, 1.807) is 29.2 Å². The van der Waals surface area contributed by atoms with Gasteiger partial charge in [0.1, 0.15) is 4.90 Å². The Bertz CT molecular complexity index is 988. The van der Waals surface area contributed by atoms with E-state index >= 15 is 0 Å². The summed E-state index contributed by atoms with van der Waals surface area (Å²) in [5.74, 6) is 0.0859. The standard InChI is InChI=1S/C18H23N5O3S/c1-13-16(8-20-21(13)3)17(24)22-9-14-10-23(12-18(14,2)11-22)27(25,26)15-5-4-6-19-7-15/h4-8,14H,9-12H2,1-3H3/t14-,18+/m1/s1. The molecule has 9 heteroatoms. The van der Waals surface area contributed by atoms with Gasteiger partial charge in [0.25, 0.3) is 5.91 Å². The van der Waals surface area contributed by atoms with Crippen LogP contribution >= 0.6 is 0 Å². The second-order valence-electron chi connectivity index (χ2n) is 7.79. The number of carbonyl (C=O) groups is 1. The Hall–Kier alpha value is -2.26. The minimum Gasteiger partial charge on any atom is -0.338 e. The molecule has 0 aliphatic carbocycles. The van der Waals surface area contributed by atoms with Gasteiger partial charge in [-0.25, -0.2) is 8.42 Å². The van der Waals surface area contributed by atoms with Gasteiger partial charge >= 0.3 is 0 Å². The van der Waals surface area contributed by atoms with E-state index in [0.717, 1.165) is 5.69 Å². The lowest BCUT2D eigenvalue weighted by Gasteiger charge is -2.25. The SMILES string of the molecule is Cc1c(C(=O)N2C[C@@H]3CN(S(=O)(=O)c4cccnc4)C[C@]3(C)C2)cnn1C. The van der Waals surface area contributed by atoms with Crippen LogP contribution < -0.4 is 0 Å². The number of hydrogen-bond acceptors (Lipinski definition) is 5. The zero-order chi connectivity index (χ0) is 19.4. The first-order chi connectivity index (χ1) is 12.7. The van der Waals surface area contributed by atoms with E-state index in [0.29, 0.717) is 31.7 Å². The minimum absolute atomic E-state index is 0.0297. The first-order valence-electron chi connectivity index (χ1n) is 8.90. The molecule has 2 saturated heterocycles. The Morgan fingerprint density at radius 3 is 2.63 bits per heavy atom. The van der Waals surface area contributed by atoms with Gasteiger partial charge in [-0.2, -0.15) is 9.40 Å². The Labute approximate surface area is 158 Å². The summed E-state index contributed by atoms with van der Waals surface area (Å²) >= 11 is 0. The zero-order valence-electron chi connectivity index (χ0n) is 15.7. The molecule has 2 aliphatic heterocycles. The van der Waals surface area contributed by atoms with Crippen LogP contribution in [-0.4, -0.2) is 64.5 Å². The second-order valence-corrected chi connectivity index (χ2v) is 9.73. The number of aromatic nitrogens is 3. The molecule has 144 valence electrons. The number of hydrogen-bond donors (Lipinski definition) is 0. The quantitative estimate of drug-likeness (QED) is 0.778. The Balaban J connectivity index is 1.52. The molecule has 2 aromatic heterocycles. The van der Waals surface area contributed by atoms with Crippen molar-refractivity contribution in [2.75, 3.05) is 26.2 Å². The van der Waals surface area contributed by atoms with Crippen LogP contribution in [0.25, 0.3) is 0 Å². The number of rotatable bonds is 3. The molecule has 8 nitrogen and oxygen atoms in total. The maximum Gasteiger partial charge on any atom is 0.257 e.